The van der Waals surface area contributed by atoms with Gasteiger partial charge in [0.1, 0.15) is 5.75 Å². The molecule has 112 valence electrons. The number of likely N-dealkylation sites (tertiary alicyclic amines) is 1. The van der Waals surface area contributed by atoms with Crippen LogP contribution in [0.3, 0.4) is 0 Å². The molecule has 0 bridgehead atoms. The number of nitrogen functional groups attached to an aromatic ring is 1. The number of nitrogens with two attached hydrogens (primary N) is 1. The minimum atomic E-state index is 0.140. The second-order valence-electron chi connectivity index (χ2n) is 6.00. The van der Waals surface area contributed by atoms with Crippen molar-refractivity contribution < 1.29 is 4.74 Å². The summed E-state index contributed by atoms with van der Waals surface area (Å²) in [4.78, 5) is 4.70. The van der Waals surface area contributed by atoms with Gasteiger partial charge in [0.05, 0.1) is 17.5 Å². The van der Waals surface area contributed by atoms with Crippen molar-refractivity contribution in [3.63, 3.8) is 0 Å². The van der Waals surface area contributed by atoms with E-state index in [2.05, 4.69) is 30.0 Å². The molecule has 2 N–H and O–H groups in total. The van der Waals surface area contributed by atoms with Gasteiger partial charge in [-0.2, -0.15) is 0 Å². The van der Waals surface area contributed by atoms with Crippen molar-refractivity contribution in [3.8, 4) is 5.75 Å². The number of hydrogen-bond acceptors (Lipinski definition) is 4. The highest BCUT2D eigenvalue weighted by Crippen LogP contribution is 2.34. The molecule has 0 atom stereocenters. The maximum absolute atomic E-state index is 6.29. The number of benzene rings is 1. The summed E-state index contributed by atoms with van der Waals surface area (Å²) in [6.45, 7) is 6.34. The fraction of sp³-hybridized carbons (Fsp3) is 0.625. The summed E-state index contributed by atoms with van der Waals surface area (Å²) in [5, 5.41) is 0. The Labute approximate surface area is 122 Å². The molecule has 0 unspecified atom stereocenters. The zero-order valence-electron chi connectivity index (χ0n) is 13.1. The monoisotopic (exact) mass is 277 g/mol. The Hall–Kier alpha value is -1.42. The zero-order chi connectivity index (χ0) is 14.7. The molecule has 0 spiro atoms. The third-order valence-electron chi connectivity index (χ3n) is 4.02. The summed E-state index contributed by atoms with van der Waals surface area (Å²) in [7, 11) is 4.32. The van der Waals surface area contributed by atoms with Crippen LogP contribution in [0.25, 0.3) is 0 Å². The van der Waals surface area contributed by atoms with Gasteiger partial charge in [-0.3, -0.25) is 0 Å². The molecule has 1 fully saturated rings. The Kier molecular flexibility index (Phi) is 4.76. The normalized spacial score (nSPS) is 17.4. The lowest BCUT2D eigenvalue weighted by Crippen LogP contribution is -2.42. The van der Waals surface area contributed by atoms with E-state index in [1.54, 1.807) is 0 Å². The highest BCUT2D eigenvalue weighted by atomic mass is 16.5. The molecular weight excluding hydrogens is 250 g/mol. The zero-order valence-corrected chi connectivity index (χ0v) is 13.1. The number of anilines is 2. The number of piperidine rings is 1. The Bertz CT molecular complexity index is 439. The van der Waals surface area contributed by atoms with Gasteiger partial charge >= 0.3 is 0 Å². The molecule has 2 rings (SSSR count). The molecular formula is C16H27N3O. The second kappa shape index (κ2) is 6.35. The van der Waals surface area contributed by atoms with Crippen LogP contribution in [0.4, 0.5) is 11.4 Å². The summed E-state index contributed by atoms with van der Waals surface area (Å²) in [6, 6.07) is 6.61. The molecule has 1 aromatic carbocycles. The number of ether oxygens (including phenoxy) is 1. The first kappa shape index (κ1) is 15.0. The van der Waals surface area contributed by atoms with Crippen LogP contribution in [0.15, 0.2) is 18.2 Å². The van der Waals surface area contributed by atoms with Crippen LogP contribution in [-0.4, -0.2) is 44.2 Å². The van der Waals surface area contributed by atoms with Gasteiger partial charge in [0.15, 0.2) is 0 Å². The van der Waals surface area contributed by atoms with Crippen molar-refractivity contribution >= 4 is 11.4 Å². The van der Waals surface area contributed by atoms with Crippen LogP contribution in [-0.2, 0) is 0 Å². The van der Waals surface area contributed by atoms with E-state index in [1.165, 1.54) is 12.8 Å². The molecule has 0 amide bonds. The molecule has 0 aliphatic carbocycles. The van der Waals surface area contributed by atoms with E-state index in [0.717, 1.165) is 30.2 Å². The van der Waals surface area contributed by atoms with Crippen LogP contribution in [0.2, 0.25) is 0 Å². The van der Waals surface area contributed by atoms with Gasteiger partial charge in [0, 0.05) is 13.1 Å². The average molecular weight is 277 g/mol. The van der Waals surface area contributed by atoms with E-state index in [4.69, 9.17) is 10.5 Å². The molecule has 4 nitrogen and oxygen atoms in total. The molecule has 0 saturated carbocycles. The van der Waals surface area contributed by atoms with Gasteiger partial charge in [-0.25, -0.2) is 0 Å². The maximum atomic E-state index is 6.29. The van der Waals surface area contributed by atoms with E-state index in [-0.39, 0.29) is 6.10 Å². The van der Waals surface area contributed by atoms with Crippen LogP contribution in [0.1, 0.15) is 26.7 Å². The predicted molar refractivity (Wildman–Crippen MR) is 85.5 cm³/mol. The summed E-state index contributed by atoms with van der Waals surface area (Å²) in [6.07, 6.45) is 2.50. The van der Waals surface area contributed by atoms with Gasteiger partial charge < -0.3 is 20.3 Å². The quantitative estimate of drug-likeness (QED) is 0.859. The summed E-state index contributed by atoms with van der Waals surface area (Å²) >= 11 is 0. The van der Waals surface area contributed by atoms with Crippen LogP contribution >= 0.6 is 0 Å². The minimum Gasteiger partial charge on any atom is -0.489 e. The topological polar surface area (TPSA) is 41.7 Å². The van der Waals surface area contributed by atoms with E-state index in [0.29, 0.717) is 6.04 Å². The summed E-state index contributed by atoms with van der Waals surface area (Å²) in [5.74, 6) is 0.789. The molecule has 0 aromatic heterocycles. The lowest BCUT2D eigenvalue weighted by Gasteiger charge is -2.37. The van der Waals surface area contributed by atoms with Gasteiger partial charge in [-0.15, -0.1) is 0 Å². The second-order valence-corrected chi connectivity index (χ2v) is 6.00. The number of rotatable bonds is 4. The number of hydrogen-bond donors (Lipinski definition) is 1. The molecule has 1 aliphatic heterocycles. The van der Waals surface area contributed by atoms with Gasteiger partial charge in [0.25, 0.3) is 0 Å². The van der Waals surface area contributed by atoms with Crippen molar-refractivity contribution in [1.82, 2.24) is 4.90 Å². The minimum absolute atomic E-state index is 0.140. The average Bonchev–Trinajstić information content (AvgIpc) is 2.41. The lowest BCUT2D eigenvalue weighted by molar-refractivity contribution is 0.243. The molecule has 1 aromatic rings. The van der Waals surface area contributed by atoms with E-state index in [9.17, 15) is 0 Å². The third kappa shape index (κ3) is 3.37. The Morgan fingerprint density at radius 3 is 2.55 bits per heavy atom. The number of nitrogens with zero attached hydrogens (tertiary/aromatic N) is 2. The lowest BCUT2D eigenvalue weighted by atomic mass is 10.0. The largest absolute Gasteiger partial charge is 0.489 e. The molecule has 1 aliphatic rings. The molecule has 4 heteroatoms. The van der Waals surface area contributed by atoms with Crippen molar-refractivity contribution in [3.05, 3.63) is 18.2 Å². The Morgan fingerprint density at radius 2 is 1.95 bits per heavy atom. The van der Waals surface area contributed by atoms with Gasteiger partial charge in [0.2, 0.25) is 0 Å². The van der Waals surface area contributed by atoms with Crippen molar-refractivity contribution in [2.24, 2.45) is 0 Å². The molecule has 0 radical (unpaired) electrons. The van der Waals surface area contributed by atoms with E-state index in [1.807, 2.05) is 26.0 Å². The first-order chi connectivity index (χ1) is 9.49. The predicted octanol–water partition coefficient (Wildman–Crippen LogP) is 2.59. The van der Waals surface area contributed by atoms with Crippen LogP contribution < -0.4 is 15.4 Å². The Morgan fingerprint density at radius 1 is 1.30 bits per heavy atom. The maximum Gasteiger partial charge on any atom is 0.144 e. The van der Waals surface area contributed by atoms with Gasteiger partial charge in [-0.1, -0.05) is 6.07 Å². The van der Waals surface area contributed by atoms with Crippen LogP contribution in [0, 0.1) is 0 Å². The summed E-state index contributed by atoms with van der Waals surface area (Å²) < 4.78 is 5.78. The summed E-state index contributed by atoms with van der Waals surface area (Å²) in [5.41, 5.74) is 8.12. The van der Waals surface area contributed by atoms with Crippen molar-refractivity contribution in [2.75, 3.05) is 37.8 Å². The molecule has 20 heavy (non-hydrogen) atoms. The molecule has 1 heterocycles. The smallest absolute Gasteiger partial charge is 0.144 e. The third-order valence-corrected chi connectivity index (χ3v) is 4.02. The SMILES string of the molecule is CC(C)Oc1cccc(N(C)C2CCN(C)CC2)c1N. The van der Waals surface area contributed by atoms with E-state index >= 15 is 0 Å². The Balaban J connectivity index is 2.15. The number of para-hydroxylation sites is 1. The molecule has 1 saturated heterocycles. The highest BCUT2D eigenvalue weighted by Gasteiger charge is 2.22. The fourth-order valence-corrected chi connectivity index (χ4v) is 2.78. The standard InChI is InChI=1S/C16H27N3O/c1-12(2)20-15-7-5-6-14(16(15)17)19(4)13-8-10-18(3)11-9-13/h5-7,12-13H,8-11,17H2,1-4H3. The van der Waals surface area contributed by atoms with Crippen molar-refractivity contribution in [1.29, 1.82) is 0 Å². The van der Waals surface area contributed by atoms with Crippen LogP contribution in [0.5, 0.6) is 5.75 Å². The van der Waals surface area contributed by atoms with E-state index < -0.39 is 0 Å². The first-order valence-corrected chi connectivity index (χ1v) is 7.45. The first-order valence-electron chi connectivity index (χ1n) is 7.45. The van der Waals surface area contributed by atoms with Gasteiger partial charge in [-0.05, 0) is 59.0 Å². The fourth-order valence-electron chi connectivity index (χ4n) is 2.78. The van der Waals surface area contributed by atoms with Crippen molar-refractivity contribution in [2.45, 2.75) is 38.8 Å². The highest BCUT2D eigenvalue weighted by molar-refractivity contribution is 5.74.